The van der Waals surface area contributed by atoms with E-state index in [4.69, 9.17) is 0 Å². The van der Waals surface area contributed by atoms with Crippen molar-refractivity contribution in [1.29, 1.82) is 0 Å². The monoisotopic (exact) mass is 297 g/mol. The molecule has 2 atom stereocenters. The van der Waals surface area contributed by atoms with Crippen molar-refractivity contribution in [1.82, 2.24) is 5.32 Å². The van der Waals surface area contributed by atoms with Gasteiger partial charge in [-0.05, 0) is 24.0 Å². The number of hydrogen-bond donors (Lipinski definition) is 2. The lowest BCUT2D eigenvalue weighted by atomic mass is 9.96. The van der Waals surface area contributed by atoms with E-state index in [0.717, 1.165) is 11.1 Å². The highest BCUT2D eigenvalue weighted by atomic mass is 16.3. The van der Waals surface area contributed by atoms with Gasteiger partial charge in [0.15, 0.2) is 0 Å². The number of carbonyl (C=O) groups is 1. The molecule has 0 radical (unpaired) electrons. The molecule has 3 heteroatoms. The Morgan fingerprint density at radius 1 is 1.05 bits per heavy atom. The van der Waals surface area contributed by atoms with Crippen LogP contribution in [0.25, 0.3) is 0 Å². The molecule has 2 N–H and O–H groups in total. The van der Waals surface area contributed by atoms with Crippen LogP contribution in [-0.4, -0.2) is 17.6 Å². The number of rotatable bonds is 6. The summed E-state index contributed by atoms with van der Waals surface area (Å²) in [6.07, 6.45) is 0.409. The van der Waals surface area contributed by atoms with Gasteiger partial charge >= 0.3 is 0 Å². The highest BCUT2D eigenvalue weighted by molar-refractivity contribution is 5.77. The highest BCUT2D eigenvalue weighted by Gasteiger charge is 2.16. The minimum absolute atomic E-state index is 0.0454. The summed E-state index contributed by atoms with van der Waals surface area (Å²) in [6.45, 7) is 3.99. The number of hydrogen-bond acceptors (Lipinski definition) is 2. The van der Waals surface area contributed by atoms with Crippen molar-refractivity contribution in [2.45, 2.75) is 32.2 Å². The number of aliphatic hydroxyl groups is 1. The predicted molar refractivity (Wildman–Crippen MR) is 88.6 cm³/mol. The van der Waals surface area contributed by atoms with E-state index < -0.39 is 0 Å². The van der Waals surface area contributed by atoms with E-state index in [1.54, 1.807) is 0 Å². The van der Waals surface area contributed by atoms with Crippen LogP contribution < -0.4 is 5.32 Å². The van der Waals surface area contributed by atoms with Gasteiger partial charge in [-0.3, -0.25) is 4.79 Å². The Morgan fingerprint density at radius 2 is 1.68 bits per heavy atom. The quantitative estimate of drug-likeness (QED) is 0.859. The Kier molecular flexibility index (Phi) is 5.73. The van der Waals surface area contributed by atoms with Crippen molar-refractivity contribution in [2.75, 3.05) is 6.61 Å². The van der Waals surface area contributed by atoms with Gasteiger partial charge in [-0.15, -0.1) is 0 Å². The first kappa shape index (κ1) is 16.2. The van der Waals surface area contributed by atoms with Crippen molar-refractivity contribution in [3.8, 4) is 0 Å². The van der Waals surface area contributed by atoms with Gasteiger partial charge in [-0.25, -0.2) is 0 Å². The fourth-order valence-electron chi connectivity index (χ4n) is 2.46. The number of nitrogens with one attached hydrogen (secondary N) is 1. The maximum atomic E-state index is 12.2. The van der Waals surface area contributed by atoms with Gasteiger partial charge in [0.05, 0.1) is 12.6 Å². The Bertz CT molecular complexity index is 593. The van der Waals surface area contributed by atoms with E-state index in [-0.39, 0.29) is 24.5 Å². The smallest absolute Gasteiger partial charge is 0.221 e. The van der Waals surface area contributed by atoms with Crippen molar-refractivity contribution in [2.24, 2.45) is 0 Å². The SMILES string of the molecule is Cc1ccc([C@@H](C)CC(=O)NC(CO)c2ccccc2)cc1. The molecule has 0 saturated heterocycles. The summed E-state index contributed by atoms with van der Waals surface area (Å²) in [7, 11) is 0. The molecule has 1 amide bonds. The molecular weight excluding hydrogens is 274 g/mol. The molecule has 0 fully saturated rings. The van der Waals surface area contributed by atoms with Crippen molar-refractivity contribution >= 4 is 5.91 Å². The van der Waals surface area contributed by atoms with Crippen LogP contribution in [-0.2, 0) is 4.79 Å². The standard InChI is InChI=1S/C19H23NO2/c1-14-8-10-16(11-9-14)15(2)12-19(22)20-18(13-21)17-6-4-3-5-7-17/h3-11,15,18,21H,12-13H2,1-2H3,(H,20,22)/t15-,18?/m0/s1. The topological polar surface area (TPSA) is 49.3 Å². The summed E-state index contributed by atoms with van der Waals surface area (Å²) in [6, 6.07) is 17.4. The molecule has 116 valence electrons. The number of aliphatic hydroxyl groups excluding tert-OH is 1. The molecule has 2 aromatic rings. The van der Waals surface area contributed by atoms with Gasteiger partial charge in [0.25, 0.3) is 0 Å². The molecule has 0 saturated carbocycles. The average molecular weight is 297 g/mol. The Morgan fingerprint density at radius 3 is 2.27 bits per heavy atom. The second kappa shape index (κ2) is 7.76. The van der Waals surface area contributed by atoms with Gasteiger partial charge in [0.1, 0.15) is 0 Å². The van der Waals surface area contributed by atoms with E-state index >= 15 is 0 Å². The molecule has 0 aliphatic rings. The second-order valence-electron chi connectivity index (χ2n) is 5.73. The molecule has 3 nitrogen and oxygen atoms in total. The first-order chi connectivity index (χ1) is 10.6. The molecule has 2 aromatic carbocycles. The Hall–Kier alpha value is -2.13. The number of aryl methyl sites for hydroxylation is 1. The Balaban J connectivity index is 1.95. The lowest BCUT2D eigenvalue weighted by Gasteiger charge is -2.18. The van der Waals surface area contributed by atoms with Crippen molar-refractivity contribution in [3.05, 3.63) is 71.3 Å². The molecule has 22 heavy (non-hydrogen) atoms. The predicted octanol–water partition coefficient (Wildman–Crippen LogP) is 3.34. The number of amides is 1. The van der Waals surface area contributed by atoms with Crippen LogP contribution in [0.4, 0.5) is 0 Å². The van der Waals surface area contributed by atoms with Crippen LogP contribution in [0.3, 0.4) is 0 Å². The van der Waals surface area contributed by atoms with Gasteiger partial charge in [0.2, 0.25) is 5.91 Å². The van der Waals surface area contributed by atoms with Crippen molar-refractivity contribution in [3.63, 3.8) is 0 Å². The van der Waals surface area contributed by atoms with Crippen LogP contribution in [0, 0.1) is 6.92 Å². The summed E-state index contributed by atoms with van der Waals surface area (Å²) >= 11 is 0. The zero-order chi connectivity index (χ0) is 15.9. The molecule has 1 unspecified atom stereocenters. The molecular formula is C19H23NO2. The van der Waals surface area contributed by atoms with Gasteiger partial charge in [-0.1, -0.05) is 67.1 Å². The fourth-order valence-corrected chi connectivity index (χ4v) is 2.46. The van der Waals surface area contributed by atoms with Crippen LogP contribution in [0.1, 0.15) is 42.0 Å². The Labute approximate surface area is 132 Å². The summed E-state index contributed by atoms with van der Waals surface area (Å²) in [4.78, 5) is 12.2. The molecule has 0 aromatic heterocycles. The van der Waals surface area contributed by atoms with Crippen LogP contribution in [0.5, 0.6) is 0 Å². The van der Waals surface area contributed by atoms with Crippen LogP contribution in [0.15, 0.2) is 54.6 Å². The summed E-state index contributed by atoms with van der Waals surface area (Å²) in [5.74, 6) is 0.103. The minimum atomic E-state index is -0.348. The number of carbonyl (C=O) groups excluding carboxylic acids is 1. The molecule has 2 rings (SSSR count). The highest BCUT2D eigenvalue weighted by Crippen LogP contribution is 2.20. The van der Waals surface area contributed by atoms with E-state index in [0.29, 0.717) is 6.42 Å². The van der Waals surface area contributed by atoms with E-state index in [1.165, 1.54) is 5.56 Å². The van der Waals surface area contributed by atoms with Crippen LogP contribution >= 0.6 is 0 Å². The van der Waals surface area contributed by atoms with Gasteiger partial charge < -0.3 is 10.4 Å². The summed E-state index contributed by atoms with van der Waals surface area (Å²) in [5.41, 5.74) is 3.28. The average Bonchev–Trinajstić information content (AvgIpc) is 2.54. The van der Waals surface area contributed by atoms with Gasteiger partial charge in [-0.2, -0.15) is 0 Å². The van der Waals surface area contributed by atoms with Gasteiger partial charge in [0, 0.05) is 6.42 Å². The molecule has 0 aliphatic carbocycles. The minimum Gasteiger partial charge on any atom is -0.394 e. The molecule has 0 bridgehead atoms. The normalized spacial score (nSPS) is 13.4. The largest absolute Gasteiger partial charge is 0.394 e. The third-order valence-electron chi connectivity index (χ3n) is 3.86. The van der Waals surface area contributed by atoms with Crippen molar-refractivity contribution < 1.29 is 9.90 Å². The third kappa shape index (κ3) is 4.43. The summed E-state index contributed by atoms with van der Waals surface area (Å²) in [5, 5.41) is 12.4. The first-order valence-corrected chi connectivity index (χ1v) is 7.62. The maximum absolute atomic E-state index is 12.2. The molecule has 0 aliphatic heterocycles. The zero-order valence-corrected chi connectivity index (χ0v) is 13.1. The van der Waals surface area contributed by atoms with Crippen LogP contribution in [0.2, 0.25) is 0 Å². The van der Waals surface area contributed by atoms with E-state index in [2.05, 4.69) is 29.6 Å². The maximum Gasteiger partial charge on any atom is 0.221 e. The lowest BCUT2D eigenvalue weighted by Crippen LogP contribution is -2.31. The third-order valence-corrected chi connectivity index (χ3v) is 3.86. The van der Waals surface area contributed by atoms with E-state index in [1.807, 2.05) is 44.2 Å². The zero-order valence-electron chi connectivity index (χ0n) is 13.1. The molecule has 0 spiro atoms. The fraction of sp³-hybridized carbons (Fsp3) is 0.316. The lowest BCUT2D eigenvalue weighted by molar-refractivity contribution is -0.122. The number of benzene rings is 2. The second-order valence-corrected chi connectivity index (χ2v) is 5.73. The first-order valence-electron chi connectivity index (χ1n) is 7.62. The van der Waals surface area contributed by atoms with E-state index in [9.17, 15) is 9.90 Å². The summed E-state index contributed by atoms with van der Waals surface area (Å²) < 4.78 is 0. The molecule has 0 heterocycles.